The van der Waals surface area contributed by atoms with Crippen molar-refractivity contribution < 1.29 is 0 Å². The average molecular weight is 236 g/mol. The zero-order chi connectivity index (χ0) is 11.1. The molecule has 0 saturated heterocycles. The van der Waals surface area contributed by atoms with Crippen molar-refractivity contribution in [1.29, 1.82) is 0 Å². The lowest BCUT2D eigenvalue weighted by atomic mass is 10.3. The Balaban J connectivity index is 2.12. The van der Waals surface area contributed by atoms with Gasteiger partial charge in [0.2, 0.25) is 0 Å². The van der Waals surface area contributed by atoms with Crippen LogP contribution in [-0.2, 0) is 0 Å². The highest BCUT2D eigenvalue weighted by molar-refractivity contribution is 6.31. The van der Waals surface area contributed by atoms with Crippen molar-refractivity contribution in [3.05, 3.63) is 29.0 Å². The van der Waals surface area contributed by atoms with Crippen molar-refractivity contribution in [2.75, 3.05) is 13.1 Å². The molecular weight excluding hydrogens is 226 g/mol. The van der Waals surface area contributed by atoms with Crippen molar-refractivity contribution in [3.8, 4) is 0 Å². The molecule has 6 heteroatoms. The third-order valence-corrected chi connectivity index (χ3v) is 2.77. The number of hydrazine groups is 1. The van der Waals surface area contributed by atoms with E-state index in [-0.39, 0.29) is 0 Å². The van der Waals surface area contributed by atoms with Crippen molar-refractivity contribution in [1.82, 2.24) is 15.0 Å². The summed E-state index contributed by atoms with van der Waals surface area (Å²) in [5.41, 5.74) is 1.76. The fourth-order valence-corrected chi connectivity index (χ4v) is 1.93. The predicted octanol–water partition coefficient (Wildman–Crippen LogP) is 1.15. The Morgan fingerprint density at radius 3 is 3.06 bits per heavy atom. The zero-order valence-corrected chi connectivity index (χ0v) is 9.20. The Morgan fingerprint density at radius 2 is 2.31 bits per heavy atom. The molecule has 2 heterocycles. The topological polar surface area (TPSA) is 70.3 Å². The van der Waals surface area contributed by atoms with Gasteiger partial charge in [0.1, 0.15) is 0 Å². The number of halogens is 1. The van der Waals surface area contributed by atoms with Gasteiger partial charge in [0.05, 0.1) is 24.1 Å². The van der Waals surface area contributed by atoms with E-state index in [9.17, 15) is 0 Å². The van der Waals surface area contributed by atoms with Gasteiger partial charge in [-0.2, -0.15) is 0 Å². The van der Waals surface area contributed by atoms with Gasteiger partial charge in [-0.1, -0.05) is 11.6 Å². The summed E-state index contributed by atoms with van der Waals surface area (Å²) in [7, 11) is 0. The van der Waals surface area contributed by atoms with E-state index < -0.39 is 0 Å². The zero-order valence-electron chi connectivity index (χ0n) is 8.44. The third-order valence-electron chi connectivity index (χ3n) is 2.53. The maximum atomic E-state index is 5.90. The number of nitrogens with two attached hydrogens (primary N) is 1. The van der Waals surface area contributed by atoms with Gasteiger partial charge in [-0.3, -0.25) is 10.0 Å². The number of imidazole rings is 1. The van der Waals surface area contributed by atoms with E-state index in [0.717, 1.165) is 17.6 Å². The lowest BCUT2D eigenvalue weighted by Crippen LogP contribution is -2.35. The molecule has 0 spiro atoms. The minimum Gasteiger partial charge on any atom is -0.335 e. The molecule has 3 rings (SSSR count). The number of fused-ring (bicyclic) bond motifs is 1. The van der Waals surface area contributed by atoms with Crippen LogP contribution in [0.5, 0.6) is 0 Å². The number of H-pyrrole nitrogens is 1. The molecular formula is C10H10ClN5. The standard InChI is InChI=1S/C10H10ClN5/c11-6-1-2-7-8(5-6)15-9(14-7)10-13-3-4-16(10)12/h1-2,5H,3-4,12H2,(H,14,15). The lowest BCUT2D eigenvalue weighted by Gasteiger charge is -2.09. The molecule has 1 aliphatic heterocycles. The van der Waals surface area contributed by atoms with Gasteiger partial charge in [0, 0.05) is 5.02 Å². The maximum absolute atomic E-state index is 5.90. The first-order valence-corrected chi connectivity index (χ1v) is 5.34. The number of amidine groups is 1. The van der Waals surface area contributed by atoms with Gasteiger partial charge in [-0.25, -0.2) is 10.8 Å². The number of aromatic amines is 1. The number of hydrogen-bond acceptors (Lipinski definition) is 4. The first kappa shape index (κ1) is 9.62. The van der Waals surface area contributed by atoms with Crippen LogP contribution in [0, 0.1) is 0 Å². The van der Waals surface area contributed by atoms with Crippen LogP contribution in [0.3, 0.4) is 0 Å². The number of aliphatic imine (C=N–C) groups is 1. The second-order valence-electron chi connectivity index (χ2n) is 3.65. The molecule has 0 fully saturated rings. The molecule has 1 aromatic carbocycles. The number of benzene rings is 1. The highest BCUT2D eigenvalue weighted by Crippen LogP contribution is 2.18. The Morgan fingerprint density at radius 1 is 1.44 bits per heavy atom. The summed E-state index contributed by atoms with van der Waals surface area (Å²) >= 11 is 5.90. The highest BCUT2D eigenvalue weighted by Gasteiger charge is 2.18. The van der Waals surface area contributed by atoms with E-state index in [1.54, 1.807) is 5.01 Å². The fraction of sp³-hybridized carbons (Fsp3) is 0.200. The first-order valence-electron chi connectivity index (χ1n) is 4.96. The van der Waals surface area contributed by atoms with Crippen molar-refractivity contribution in [3.63, 3.8) is 0 Å². The highest BCUT2D eigenvalue weighted by atomic mass is 35.5. The quantitative estimate of drug-likeness (QED) is 0.729. The van der Waals surface area contributed by atoms with Gasteiger partial charge in [-0.05, 0) is 18.2 Å². The second-order valence-corrected chi connectivity index (χ2v) is 4.08. The van der Waals surface area contributed by atoms with Crippen molar-refractivity contribution in [2.45, 2.75) is 0 Å². The Hall–Kier alpha value is -1.59. The second kappa shape index (κ2) is 3.47. The van der Waals surface area contributed by atoms with Crippen LogP contribution in [0.15, 0.2) is 23.2 Å². The van der Waals surface area contributed by atoms with Crippen LogP contribution in [0.4, 0.5) is 0 Å². The van der Waals surface area contributed by atoms with E-state index in [1.165, 1.54) is 0 Å². The molecule has 0 bridgehead atoms. The van der Waals surface area contributed by atoms with Crippen LogP contribution < -0.4 is 5.84 Å². The van der Waals surface area contributed by atoms with Crippen LogP contribution in [0.1, 0.15) is 5.82 Å². The molecule has 3 N–H and O–H groups in total. The predicted molar refractivity (Wildman–Crippen MR) is 63.4 cm³/mol. The average Bonchev–Trinajstić information content (AvgIpc) is 2.82. The van der Waals surface area contributed by atoms with Gasteiger partial charge in [0.25, 0.3) is 0 Å². The van der Waals surface area contributed by atoms with Gasteiger partial charge in [0.15, 0.2) is 11.7 Å². The van der Waals surface area contributed by atoms with Gasteiger partial charge < -0.3 is 4.98 Å². The maximum Gasteiger partial charge on any atom is 0.181 e. The summed E-state index contributed by atoms with van der Waals surface area (Å²) in [5, 5.41) is 2.28. The lowest BCUT2D eigenvalue weighted by molar-refractivity contribution is 0.482. The van der Waals surface area contributed by atoms with Crippen LogP contribution in [0.25, 0.3) is 11.0 Å². The normalized spacial score (nSPS) is 15.9. The van der Waals surface area contributed by atoms with E-state index >= 15 is 0 Å². The summed E-state index contributed by atoms with van der Waals surface area (Å²) < 4.78 is 0. The van der Waals surface area contributed by atoms with Gasteiger partial charge in [-0.15, -0.1) is 0 Å². The van der Waals surface area contributed by atoms with Crippen LogP contribution >= 0.6 is 11.6 Å². The molecule has 82 valence electrons. The summed E-state index contributed by atoms with van der Waals surface area (Å²) in [6.07, 6.45) is 0. The molecule has 0 atom stereocenters. The SMILES string of the molecule is NN1CCN=C1c1nc2ccc(Cl)cc2[nH]1. The third kappa shape index (κ3) is 1.45. The number of rotatable bonds is 1. The van der Waals surface area contributed by atoms with Crippen LogP contribution in [0.2, 0.25) is 5.02 Å². The van der Waals surface area contributed by atoms with E-state index in [0.29, 0.717) is 23.2 Å². The smallest absolute Gasteiger partial charge is 0.181 e. The molecule has 1 aromatic heterocycles. The number of aromatic nitrogens is 2. The molecule has 5 nitrogen and oxygen atoms in total. The van der Waals surface area contributed by atoms with Crippen molar-refractivity contribution >= 4 is 28.5 Å². The minimum absolute atomic E-state index is 0.681. The summed E-state index contributed by atoms with van der Waals surface area (Å²) in [5.74, 6) is 7.17. The van der Waals surface area contributed by atoms with E-state index in [4.69, 9.17) is 17.4 Å². The van der Waals surface area contributed by atoms with Gasteiger partial charge >= 0.3 is 0 Å². The molecule has 0 radical (unpaired) electrons. The molecule has 16 heavy (non-hydrogen) atoms. The molecule has 1 aliphatic rings. The fourth-order valence-electron chi connectivity index (χ4n) is 1.76. The number of nitrogens with zero attached hydrogens (tertiary/aromatic N) is 3. The largest absolute Gasteiger partial charge is 0.335 e. The molecule has 2 aromatic rings. The molecule has 0 unspecified atom stereocenters. The van der Waals surface area contributed by atoms with E-state index in [2.05, 4.69) is 15.0 Å². The monoisotopic (exact) mass is 235 g/mol. The Bertz CT molecular complexity index is 574. The van der Waals surface area contributed by atoms with E-state index in [1.807, 2.05) is 18.2 Å². The van der Waals surface area contributed by atoms with Crippen LogP contribution in [-0.4, -0.2) is 33.9 Å². The number of hydrogen-bond donors (Lipinski definition) is 2. The molecule has 0 aliphatic carbocycles. The molecule has 0 amide bonds. The molecule has 0 saturated carbocycles. The summed E-state index contributed by atoms with van der Waals surface area (Å²) in [6, 6.07) is 5.52. The van der Waals surface area contributed by atoms with Crippen molar-refractivity contribution in [2.24, 2.45) is 10.8 Å². The first-order chi connectivity index (χ1) is 7.74. The summed E-state index contributed by atoms with van der Waals surface area (Å²) in [4.78, 5) is 11.9. The number of nitrogens with one attached hydrogen (secondary N) is 1. The minimum atomic E-state index is 0.681. The Kier molecular flexibility index (Phi) is 2.08. The summed E-state index contributed by atoms with van der Waals surface area (Å²) in [6.45, 7) is 1.44. The Labute approximate surface area is 96.9 Å².